The number of phenols is 1. The van der Waals surface area contributed by atoms with Crippen LogP contribution in [0.4, 0.5) is 0 Å². The number of aromatic amines is 1. The number of nitrogens with zero attached hydrogens (tertiary/aromatic N) is 3. The number of aromatic hydroxyl groups is 1. The molecule has 0 radical (unpaired) electrons. The molecule has 0 aliphatic rings. The van der Waals surface area contributed by atoms with Crippen LogP contribution < -0.4 is 14.7 Å². The minimum Gasteiger partial charge on any atom is -0.504 e. The fourth-order valence-corrected chi connectivity index (χ4v) is 4.12. The number of hydrogen-bond acceptors (Lipinski definition) is 6. The van der Waals surface area contributed by atoms with Crippen molar-refractivity contribution < 1.29 is 19.2 Å². The first-order valence-corrected chi connectivity index (χ1v) is 12.1. The summed E-state index contributed by atoms with van der Waals surface area (Å²) in [5, 5.41) is 22.6. The molecule has 0 spiro atoms. The number of amides is 1. The van der Waals surface area contributed by atoms with Crippen molar-refractivity contribution in [3.8, 4) is 28.6 Å². The molecular formula is C25H23ClN5O3S+. The van der Waals surface area contributed by atoms with Crippen LogP contribution in [0.1, 0.15) is 12.5 Å². The zero-order chi connectivity index (χ0) is 24.6. The van der Waals surface area contributed by atoms with Gasteiger partial charge in [0.15, 0.2) is 11.5 Å². The molecule has 0 saturated heterocycles. The lowest BCUT2D eigenvalue weighted by molar-refractivity contribution is -0.625. The molecule has 0 aliphatic heterocycles. The summed E-state index contributed by atoms with van der Waals surface area (Å²) in [7, 11) is 0. The van der Waals surface area contributed by atoms with Crippen LogP contribution in [0, 0.1) is 0 Å². The fourth-order valence-electron chi connectivity index (χ4n) is 3.24. The number of H-pyrrole nitrogens is 1. The third kappa shape index (κ3) is 6.20. The molecule has 3 N–H and O–H groups in total. The molecule has 8 nitrogen and oxygen atoms in total. The van der Waals surface area contributed by atoms with E-state index in [9.17, 15) is 9.90 Å². The standard InChI is InChI=1S/C25H22ClN5O3S/c1-2-34-22-14-17(8-13-21(22)32)15-27-28-23(33)16-35-25-30-29-24(18-6-4-3-5-7-18)31(25)20-11-9-19(26)10-12-20/h3-15H,2,16H2,1H3,(H2,27,28,32,33)/p+1. The van der Waals surface area contributed by atoms with E-state index in [1.165, 1.54) is 24.0 Å². The Hall–Kier alpha value is -3.82. The topological polar surface area (TPSA) is 103 Å². The van der Waals surface area contributed by atoms with Crippen molar-refractivity contribution >= 4 is 35.5 Å². The Labute approximate surface area is 211 Å². The summed E-state index contributed by atoms with van der Waals surface area (Å²) in [5.41, 5.74) is 5.01. The SMILES string of the molecule is CCOc1cc(C=NNC(=O)CSc2n[nH]c(-c3ccccc3)[n+]2-c2ccc(Cl)cc2)ccc1O. The van der Waals surface area contributed by atoms with Crippen LogP contribution in [0.2, 0.25) is 5.02 Å². The molecule has 0 fully saturated rings. The van der Waals surface area contributed by atoms with Crippen LogP contribution in [-0.2, 0) is 4.79 Å². The number of rotatable bonds is 9. The summed E-state index contributed by atoms with van der Waals surface area (Å²) >= 11 is 7.35. The van der Waals surface area contributed by atoms with Crippen molar-refractivity contribution in [2.45, 2.75) is 12.1 Å². The maximum Gasteiger partial charge on any atom is 0.342 e. The number of carbonyl (C=O) groups excluding carboxylic acids is 1. The normalized spacial score (nSPS) is 11.0. The van der Waals surface area contributed by atoms with E-state index < -0.39 is 0 Å². The molecule has 3 aromatic carbocycles. The third-order valence-corrected chi connectivity index (χ3v) is 6.01. The number of benzene rings is 3. The minimum absolute atomic E-state index is 0.0484. The maximum absolute atomic E-state index is 12.4. The molecule has 1 heterocycles. The molecule has 0 unspecified atom stereocenters. The third-order valence-electron chi connectivity index (χ3n) is 4.82. The number of thioether (sulfide) groups is 1. The van der Waals surface area contributed by atoms with Crippen LogP contribution in [-0.4, -0.2) is 39.8 Å². The Bertz CT molecular complexity index is 1330. The zero-order valence-corrected chi connectivity index (χ0v) is 20.4. The first-order valence-electron chi connectivity index (χ1n) is 10.8. The van der Waals surface area contributed by atoms with E-state index in [1.54, 1.807) is 12.1 Å². The molecule has 1 amide bonds. The summed E-state index contributed by atoms with van der Waals surface area (Å²) in [5.74, 6) is 1.00. The second kappa shape index (κ2) is 11.5. The van der Waals surface area contributed by atoms with Crippen molar-refractivity contribution in [2.75, 3.05) is 12.4 Å². The van der Waals surface area contributed by atoms with Crippen LogP contribution in [0.3, 0.4) is 0 Å². The molecule has 0 atom stereocenters. The van der Waals surface area contributed by atoms with E-state index in [0.717, 1.165) is 17.1 Å². The van der Waals surface area contributed by atoms with Crippen molar-refractivity contribution in [1.29, 1.82) is 0 Å². The number of hydrogen-bond donors (Lipinski definition) is 3. The van der Waals surface area contributed by atoms with Gasteiger partial charge in [-0.2, -0.15) is 9.67 Å². The Balaban J connectivity index is 1.46. The van der Waals surface area contributed by atoms with E-state index in [-0.39, 0.29) is 17.4 Å². The molecular weight excluding hydrogens is 486 g/mol. The smallest absolute Gasteiger partial charge is 0.342 e. The van der Waals surface area contributed by atoms with Crippen LogP contribution >= 0.6 is 23.4 Å². The van der Waals surface area contributed by atoms with Crippen molar-refractivity contribution in [3.63, 3.8) is 0 Å². The highest BCUT2D eigenvalue weighted by Gasteiger charge is 2.24. The predicted octanol–water partition coefficient (Wildman–Crippen LogP) is 4.35. The van der Waals surface area contributed by atoms with Gasteiger partial charge in [0.2, 0.25) is 0 Å². The van der Waals surface area contributed by atoms with E-state index in [0.29, 0.717) is 28.1 Å². The van der Waals surface area contributed by atoms with Crippen LogP contribution in [0.25, 0.3) is 17.1 Å². The Morgan fingerprint density at radius 3 is 2.71 bits per heavy atom. The number of carbonyl (C=O) groups is 1. The summed E-state index contributed by atoms with van der Waals surface area (Å²) < 4.78 is 7.30. The van der Waals surface area contributed by atoms with Gasteiger partial charge >= 0.3 is 5.16 Å². The van der Waals surface area contributed by atoms with Gasteiger partial charge in [0, 0.05) is 5.02 Å². The molecule has 4 aromatic rings. The first-order chi connectivity index (χ1) is 17.0. The maximum atomic E-state index is 12.4. The largest absolute Gasteiger partial charge is 0.504 e. The van der Waals surface area contributed by atoms with Gasteiger partial charge in [0.25, 0.3) is 11.7 Å². The highest BCUT2D eigenvalue weighted by molar-refractivity contribution is 7.99. The number of hydrazone groups is 1. The zero-order valence-electron chi connectivity index (χ0n) is 18.8. The molecule has 4 rings (SSSR count). The molecule has 0 bridgehead atoms. The number of phenolic OH excluding ortho intramolecular Hbond substituents is 1. The lowest BCUT2D eigenvalue weighted by atomic mass is 10.2. The second-order valence-electron chi connectivity index (χ2n) is 7.27. The number of aromatic nitrogens is 3. The van der Waals surface area contributed by atoms with Gasteiger partial charge in [-0.3, -0.25) is 4.79 Å². The number of halogens is 1. The molecule has 0 aliphatic carbocycles. The summed E-state index contributed by atoms with van der Waals surface area (Å²) in [6, 6.07) is 22.1. The summed E-state index contributed by atoms with van der Waals surface area (Å²) in [4.78, 5) is 12.4. The molecule has 178 valence electrons. The van der Waals surface area contributed by atoms with E-state index in [2.05, 4.69) is 20.7 Å². The van der Waals surface area contributed by atoms with Gasteiger partial charge in [-0.25, -0.2) is 5.43 Å². The average Bonchev–Trinajstić information content (AvgIpc) is 3.30. The van der Waals surface area contributed by atoms with Crippen molar-refractivity contribution in [3.05, 3.63) is 83.4 Å². The van der Waals surface area contributed by atoms with E-state index >= 15 is 0 Å². The van der Waals surface area contributed by atoms with E-state index in [1.807, 2.05) is 66.1 Å². The lowest BCUT2D eigenvalue weighted by Crippen LogP contribution is -2.34. The number of ether oxygens (including phenoxy) is 1. The second-order valence-corrected chi connectivity index (χ2v) is 8.65. The van der Waals surface area contributed by atoms with Gasteiger partial charge in [-0.15, -0.1) is 5.10 Å². The molecule has 1 aromatic heterocycles. The lowest BCUT2D eigenvalue weighted by Gasteiger charge is -2.06. The fraction of sp³-hybridized carbons (Fsp3) is 0.120. The number of nitrogens with one attached hydrogen (secondary N) is 2. The van der Waals surface area contributed by atoms with Gasteiger partial charge < -0.3 is 9.84 Å². The quantitative estimate of drug-likeness (QED) is 0.135. The first kappa shape index (κ1) is 24.3. The molecule has 0 saturated carbocycles. The van der Waals surface area contributed by atoms with Crippen molar-refractivity contribution in [2.24, 2.45) is 5.10 Å². The Morgan fingerprint density at radius 2 is 1.97 bits per heavy atom. The van der Waals surface area contributed by atoms with Crippen LogP contribution in [0.5, 0.6) is 11.5 Å². The summed E-state index contributed by atoms with van der Waals surface area (Å²) in [6.45, 7) is 2.26. The van der Waals surface area contributed by atoms with Gasteiger partial charge in [-0.05, 0) is 78.8 Å². The monoisotopic (exact) mass is 508 g/mol. The van der Waals surface area contributed by atoms with E-state index in [4.69, 9.17) is 16.3 Å². The predicted molar refractivity (Wildman–Crippen MR) is 136 cm³/mol. The van der Waals surface area contributed by atoms with Crippen molar-refractivity contribution in [1.82, 2.24) is 15.6 Å². The van der Waals surface area contributed by atoms with Gasteiger partial charge in [0.1, 0.15) is 5.69 Å². The summed E-state index contributed by atoms with van der Waals surface area (Å²) in [6.07, 6.45) is 1.49. The highest BCUT2D eigenvalue weighted by Crippen LogP contribution is 2.26. The Morgan fingerprint density at radius 1 is 1.20 bits per heavy atom. The van der Waals surface area contributed by atoms with Crippen LogP contribution in [0.15, 0.2) is 83.1 Å². The molecule has 35 heavy (non-hydrogen) atoms. The Kier molecular flexibility index (Phi) is 8.02. The van der Waals surface area contributed by atoms with Gasteiger partial charge in [0.05, 0.1) is 29.2 Å². The molecule has 10 heteroatoms. The average molecular weight is 509 g/mol. The highest BCUT2D eigenvalue weighted by atomic mass is 35.5. The van der Waals surface area contributed by atoms with Gasteiger partial charge in [-0.1, -0.05) is 29.8 Å². The minimum atomic E-state index is -0.290.